The molecule has 0 unspecified atom stereocenters. The third kappa shape index (κ3) is 4.01. The molecule has 0 heterocycles. The van der Waals surface area contributed by atoms with Crippen molar-refractivity contribution in [2.75, 3.05) is 0 Å². The van der Waals surface area contributed by atoms with Crippen LogP contribution in [0.25, 0.3) is 0 Å². The molecule has 20 heavy (non-hydrogen) atoms. The molecule has 1 heteroatoms. The van der Waals surface area contributed by atoms with E-state index in [9.17, 15) is 5.11 Å². The lowest BCUT2D eigenvalue weighted by Gasteiger charge is -2.38. The number of hydrogen-bond donors (Lipinski definition) is 1. The number of phenolic OH excluding ortho intramolecular Hbond substituents is 1. The second-order valence-corrected chi connectivity index (χ2v) is 6.55. The largest absolute Gasteiger partial charge is 0.508 e. The summed E-state index contributed by atoms with van der Waals surface area (Å²) in [5.41, 5.74) is 1.86. The van der Waals surface area contributed by atoms with Crippen molar-refractivity contribution in [3.8, 4) is 5.75 Å². The van der Waals surface area contributed by atoms with E-state index in [1.807, 2.05) is 12.1 Å². The molecule has 0 radical (unpaired) electrons. The summed E-state index contributed by atoms with van der Waals surface area (Å²) in [4.78, 5) is 0. The van der Waals surface area contributed by atoms with Gasteiger partial charge in [0.15, 0.2) is 0 Å². The van der Waals surface area contributed by atoms with Crippen LogP contribution in [0.2, 0.25) is 0 Å². The molecule has 0 saturated heterocycles. The summed E-state index contributed by atoms with van der Waals surface area (Å²) in [6.07, 6.45) is 15.0. The van der Waals surface area contributed by atoms with E-state index in [-0.39, 0.29) is 0 Å². The van der Waals surface area contributed by atoms with E-state index in [1.165, 1.54) is 76.2 Å². The van der Waals surface area contributed by atoms with Crippen molar-refractivity contribution in [3.63, 3.8) is 0 Å². The average Bonchev–Trinajstić information content (AvgIpc) is 2.49. The second-order valence-electron chi connectivity index (χ2n) is 6.55. The predicted molar refractivity (Wildman–Crippen MR) is 86.2 cm³/mol. The summed E-state index contributed by atoms with van der Waals surface area (Å²) in [7, 11) is 0. The molecular formula is C19H30O. The van der Waals surface area contributed by atoms with Gasteiger partial charge in [-0.25, -0.2) is 0 Å². The highest BCUT2D eigenvalue weighted by Crippen LogP contribution is 2.43. The third-order valence-electron chi connectivity index (χ3n) is 5.05. The molecule has 1 fully saturated rings. The molecule has 1 N–H and O–H groups in total. The molecular weight excluding hydrogens is 244 g/mol. The summed E-state index contributed by atoms with van der Waals surface area (Å²) < 4.78 is 0. The summed E-state index contributed by atoms with van der Waals surface area (Å²) >= 11 is 0. The molecule has 1 nitrogen and oxygen atoms in total. The monoisotopic (exact) mass is 274 g/mol. The smallest absolute Gasteiger partial charge is 0.115 e. The fourth-order valence-electron chi connectivity index (χ4n) is 3.79. The molecule has 1 saturated carbocycles. The van der Waals surface area contributed by atoms with Crippen molar-refractivity contribution in [2.45, 2.75) is 83.0 Å². The van der Waals surface area contributed by atoms with E-state index < -0.39 is 0 Å². The van der Waals surface area contributed by atoms with Crippen molar-refractivity contribution >= 4 is 0 Å². The number of benzene rings is 1. The Hall–Kier alpha value is -0.980. The molecule has 1 aliphatic carbocycles. The Balaban J connectivity index is 1.99. The van der Waals surface area contributed by atoms with E-state index in [4.69, 9.17) is 0 Å². The van der Waals surface area contributed by atoms with Crippen LogP contribution in [0, 0.1) is 0 Å². The molecule has 1 aromatic carbocycles. The highest BCUT2D eigenvalue weighted by molar-refractivity contribution is 5.32. The number of aromatic hydroxyl groups is 1. The summed E-state index contributed by atoms with van der Waals surface area (Å²) in [6.45, 7) is 2.28. The Bertz CT molecular complexity index is 373. The SMILES string of the molecule is CCCCCCCC1(c2ccc(O)cc2)CCCCC1. The minimum absolute atomic E-state index is 0.391. The summed E-state index contributed by atoms with van der Waals surface area (Å²) in [5, 5.41) is 9.51. The molecule has 112 valence electrons. The lowest BCUT2D eigenvalue weighted by Crippen LogP contribution is -2.29. The molecule has 0 aliphatic heterocycles. The topological polar surface area (TPSA) is 20.2 Å². The molecule has 0 amide bonds. The molecule has 0 spiro atoms. The summed E-state index contributed by atoms with van der Waals surface area (Å²) in [5.74, 6) is 0.391. The average molecular weight is 274 g/mol. The van der Waals surface area contributed by atoms with Crippen LogP contribution in [-0.2, 0) is 5.41 Å². The van der Waals surface area contributed by atoms with Crippen LogP contribution in [0.3, 0.4) is 0 Å². The lowest BCUT2D eigenvalue weighted by molar-refractivity contribution is 0.265. The Morgan fingerprint density at radius 1 is 0.900 bits per heavy atom. The summed E-state index contributed by atoms with van der Waals surface area (Å²) in [6, 6.07) is 8.05. The zero-order valence-corrected chi connectivity index (χ0v) is 13.0. The quantitative estimate of drug-likeness (QED) is 0.609. The van der Waals surface area contributed by atoms with Crippen LogP contribution in [0.1, 0.15) is 83.1 Å². The third-order valence-corrected chi connectivity index (χ3v) is 5.05. The standard InChI is InChI=1S/C19H30O/c1-2-3-4-5-7-14-19(15-8-6-9-16-19)17-10-12-18(20)13-11-17/h10-13,20H,2-9,14-16H2,1H3. The fraction of sp³-hybridized carbons (Fsp3) is 0.684. The van der Waals surface area contributed by atoms with Gasteiger partial charge in [0.25, 0.3) is 0 Å². The van der Waals surface area contributed by atoms with Crippen LogP contribution in [0.5, 0.6) is 5.75 Å². The van der Waals surface area contributed by atoms with Crippen LogP contribution in [0.15, 0.2) is 24.3 Å². The Morgan fingerprint density at radius 2 is 1.55 bits per heavy atom. The zero-order valence-electron chi connectivity index (χ0n) is 13.0. The van der Waals surface area contributed by atoms with E-state index in [2.05, 4.69) is 19.1 Å². The van der Waals surface area contributed by atoms with E-state index in [0.29, 0.717) is 11.2 Å². The first-order valence-electron chi connectivity index (χ1n) is 8.56. The molecule has 2 rings (SSSR count). The second kappa shape index (κ2) is 7.71. The maximum Gasteiger partial charge on any atom is 0.115 e. The van der Waals surface area contributed by atoms with Gasteiger partial charge in [0, 0.05) is 0 Å². The first-order valence-corrected chi connectivity index (χ1v) is 8.56. The van der Waals surface area contributed by atoms with Crippen molar-refractivity contribution in [1.82, 2.24) is 0 Å². The minimum Gasteiger partial charge on any atom is -0.508 e. The highest BCUT2D eigenvalue weighted by atomic mass is 16.3. The van der Waals surface area contributed by atoms with Gasteiger partial charge in [-0.1, -0.05) is 70.4 Å². The van der Waals surface area contributed by atoms with E-state index in [1.54, 1.807) is 0 Å². The lowest BCUT2D eigenvalue weighted by atomic mass is 9.66. The van der Waals surface area contributed by atoms with Gasteiger partial charge in [0.2, 0.25) is 0 Å². The Labute approximate surface area is 124 Å². The molecule has 1 aliphatic rings. The predicted octanol–water partition coefficient (Wildman–Crippen LogP) is 5.95. The molecule has 1 aromatic rings. The van der Waals surface area contributed by atoms with E-state index >= 15 is 0 Å². The van der Waals surface area contributed by atoms with Gasteiger partial charge in [-0.3, -0.25) is 0 Å². The molecule has 0 aromatic heterocycles. The van der Waals surface area contributed by atoms with Crippen LogP contribution in [0.4, 0.5) is 0 Å². The van der Waals surface area contributed by atoms with Crippen molar-refractivity contribution < 1.29 is 5.11 Å². The number of phenols is 1. The van der Waals surface area contributed by atoms with Crippen molar-refractivity contribution in [1.29, 1.82) is 0 Å². The van der Waals surface area contributed by atoms with Crippen molar-refractivity contribution in [3.05, 3.63) is 29.8 Å². The zero-order chi connectivity index (χ0) is 14.3. The first-order chi connectivity index (χ1) is 9.77. The number of rotatable bonds is 7. The maximum absolute atomic E-state index is 9.51. The van der Waals surface area contributed by atoms with Crippen LogP contribution >= 0.6 is 0 Å². The highest BCUT2D eigenvalue weighted by Gasteiger charge is 2.33. The van der Waals surface area contributed by atoms with Gasteiger partial charge in [-0.15, -0.1) is 0 Å². The molecule has 0 bridgehead atoms. The normalized spacial score (nSPS) is 18.1. The van der Waals surface area contributed by atoms with Crippen LogP contribution < -0.4 is 0 Å². The number of hydrogen-bond acceptors (Lipinski definition) is 1. The van der Waals surface area contributed by atoms with Gasteiger partial charge in [-0.2, -0.15) is 0 Å². The fourth-order valence-corrected chi connectivity index (χ4v) is 3.79. The van der Waals surface area contributed by atoms with Gasteiger partial charge in [0.05, 0.1) is 0 Å². The van der Waals surface area contributed by atoms with Gasteiger partial charge >= 0.3 is 0 Å². The Morgan fingerprint density at radius 3 is 2.20 bits per heavy atom. The van der Waals surface area contributed by atoms with Crippen molar-refractivity contribution in [2.24, 2.45) is 0 Å². The minimum atomic E-state index is 0.391. The maximum atomic E-state index is 9.51. The number of unbranched alkanes of at least 4 members (excludes halogenated alkanes) is 4. The van der Waals surface area contributed by atoms with E-state index in [0.717, 1.165) is 0 Å². The van der Waals surface area contributed by atoms with Gasteiger partial charge in [-0.05, 0) is 42.4 Å². The van der Waals surface area contributed by atoms with Gasteiger partial charge < -0.3 is 5.11 Å². The molecule has 0 atom stereocenters. The van der Waals surface area contributed by atoms with Crippen LogP contribution in [-0.4, -0.2) is 5.11 Å². The Kier molecular flexibility index (Phi) is 5.94. The first kappa shape index (κ1) is 15.4. The van der Waals surface area contributed by atoms with Gasteiger partial charge in [0.1, 0.15) is 5.75 Å².